The van der Waals surface area contributed by atoms with E-state index in [1.54, 1.807) is 12.1 Å². The molecule has 1 N–H and O–H groups in total. The van der Waals surface area contributed by atoms with E-state index in [1.165, 1.54) is 12.8 Å². The third kappa shape index (κ3) is 4.57. The second kappa shape index (κ2) is 7.24. The van der Waals surface area contributed by atoms with Gasteiger partial charge in [-0.25, -0.2) is 0 Å². The number of rotatable bonds is 4. The quantitative estimate of drug-likeness (QED) is 0.924. The SMILES string of the molecule is CC1CCN(CC(=O)NC(C)c2ccc(C#N)cc2)CC1. The number of hydrogen-bond acceptors (Lipinski definition) is 3. The molecule has 0 aromatic heterocycles. The Morgan fingerprint density at radius 1 is 1.38 bits per heavy atom. The number of nitrogens with one attached hydrogen (secondary N) is 1. The van der Waals surface area contributed by atoms with E-state index in [0.717, 1.165) is 24.6 Å². The number of nitrogens with zero attached hydrogens (tertiary/aromatic N) is 2. The number of likely N-dealkylation sites (tertiary alicyclic amines) is 1. The molecule has 1 fully saturated rings. The fraction of sp³-hybridized carbons (Fsp3) is 0.529. The van der Waals surface area contributed by atoms with Gasteiger partial charge in [0.15, 0.2) is 0 Å². The smallest absolute Gasteiger partial charge is 0.234 e. The summed E-state index contributed by atoms with van der Waals surface area (Å²) in [5.41, 5.74) is 1.66. The van der Waals surface area contributed by atoms with Crippen LogP contribution in [0.5, 0.6) is 0 Å². The van der Waals surface area contributed by atoms with E-state index in [4.69, 9.17) is 5.26 Å². The van der Waals surface area contributed by atoms with E-state index in [2.05, 4.69) is 23.2 Å². The Morgan fingerprint density at radius 2 is 2.00 bits per heavy atom. The van der Waals surface area contributed by atoms with Crippen molar-refractivity contribution in [3.05, 3.63) is 35.4 Å². The average molecular weight is 285 g/mol. The number of piperidine rings is 1. The van der Waals surface area contributed by atoms with Crippen molar-refractivity contribution in [1.82, 2.24) is 10.2 Å². The Kier molecular flexibility index (Phi) is 5.35. The van der Waals surface area contributed by atoms with Gasteiger partial charge in [-0.05, 0) is 56.5 Å². The summed E-state index contributed by atoms with van der Waals surface area (Å²) in [6, 6.07) is 9.42. The van der Waals surface area contributed by atoms with Crippen LogP contribution in [0.15, 0.2) is 24.3 Å². The van der Waals surface area contributed by atoms with Crippen molar-refractivity contribution in [1.29, 1.82) is 5.26 Å². The maximum atomic E-state index is 12.1. The van der Waals surface area contributed by atoms with Gasteiger partial charge < -0.3 is 5.32 Å². The summed E-state index contributed by atoms with van der Waals surface area (Å²) < 4.78 is 0. The number of hydrogen-bond donors (Lipinski definition) is 1. The number of nitriles is 1. The lowest BCUT2D eigenvalue weighted by molar-refractivity contribution is -0.123. The van der Waals surface area contributed by atoms with Gasteiger partial charge in [0.05, 0.1) is 24.2 Å². The van der Waals surface area contributed by atoms with Gasteiger partial charge in [-0.2, -0.15) is 5.26 Å². The molecule has 1 aliphatic rings. The molecule has 4 heteroatoms. The topological polar surface area (TPSA) is 56.1 Å². The van der Waals surface area contributed by atoms with Gasteiger partial charge in [-0.15, -0.1) is 0 Å². The lowest BCUT2D eigenvalue weighted by Gasteiger charge is -2.30. The van der Waals surface area contributed by atoms with E-state index in [-0.39, 0.29) is 11.9 Å². The molecule has 0 saturated carbocycles. The summed E-state index contributed by atoms with van der Waals surface area (Å²) >= 11 is 0. The van der Waals surface area contributed by atoms with Crippen molar-refractivity contribution in [2.24, 2.45) is 5.92 Å². The van der Waals surface area contributed by atoms with Crippen LogP contribution in [0.1, 0.15) is 43.9 Å². The molecule has 0 spiro atoms. The molecule has 0 bridgehead atoms. The molecular weight excluding hydrogens is 262 g/mol. The fourth-order valence-corrected chi connectivity index (χ4v) is 2.64. The van der Waals surface area contributed by atoms with Gasteiger partial charge in [0.1, 0.15) is 0 Å². The van der Waals surface area contributed by atoms with Crippen LogP contribution in [0, 0.1) is 17.2 Å². The molecule has 1 heterocycles. The van der Waals surface area contributed by atoms with E-state index in [1.807, 2.05) is 19.1 Å². The predicted molar refractivity (Wildman–Crippen MR) is 82.6 cm³/mol. The molecule has 1 amide bonds. The highest BCUT2D eigenvalue weighted by molar-refractivity contribution is 5.78. The summed E-state index contributed by atoms with van der Waals surface area (Å²) in [4.78, 5) is 14.3. The highest BCUT2D eigenvalue weighted by Gasteiger charge is 2.18. The second-order valence-corrected chi connectivity index (χ2v) is 5.98. The van der Waals surface area contributed by atoms with Crippen LogP contribution >= 0.6 is 0 Å². The van der Waals surface area contributed by atoms with Crippen LogP contribution in [-0.2, 0) is 4.79 Å². The van der Waals surface area contributed by atoms with E-state index in [9.17, 15) is 4.79 Å². The van der Waals surface area contributed by atoms with Crippen LogP contribution in [0.3, 0.4) is 0 Å². The predicted octanol–water partition coefficient (Wildman–Crippen LogP) is 2.47. The molecule has 21 heavy (non-hydrogen) atoms. The van der Waals surface area contributed by atoms with Crippen LogP contribution in [0.2, 0.25) is 0 Å². The molecule has 1 atom stereocenters. The Balaban J connectivity index is 1.82. The minimum Gasteiger partial charge on any atom is -0.348 e. The summed E-state index contributed by atoms with van der Waals surface area (Å²) in [6.45, 7) is 6.74. The second-order valence-electron chi connectivity index (χ2n) is 5.98. The zero-order chi connectivity index (χ0) is 15.2. The van der Waals surface area contributed by atoms with Gasteiger partial charge in [0.25, 0.3) is 0 Å². The van der Waals surface area contributed by atoms with Gasteiger partial charge in [0, 0.05) is 0 Å². The Labute approximate surface area is 126 Å². The third-order valence-electron chi connectivity index (χ3n) is 4.16. The number of benzene rings is 1. The minimum absolute atomic E-state index is 0.0334. The molecule has 4 nitrogen and oxygen atoms in total. The fourth-order valence-electron chi connectivity index (χ4n) is 2.64. The van der Waals surface area contributed by atoms with Crippen molar-refractivity contribution < 1.29 is 4.79 Å². The standard InChI is InChI=1S/C17H23N3O/c1-13-7-9-20(10-8-13)12-17(21)19-14(2)16-5-3-15(11-18)4-6-16/h3-6,13-14H,7-10,12H2,1-2H3,(H,19,21). The Bertz CT molecular complexity index is 510. The zero-order valence-electron chi connectivity index (χ0n) is 12.8. The first-order valence-electron chi connectivity index (χ1n) is 7.60. The first-order chi connectivity index (χ1) is 10.1. The van der Waals surface area contributed by atoms with Gasteiger partial charge >= 0.3 is 0 Å². The van der Waals surface area contributed by atoms with Crippen LogP contribution in [-0.4, -0.2) is 30.4 Å². The number of carbonyl (C=O) groups excluding carboxylic acids is 1. The monoisotopic (exact) mass is 285 g/mol. The lowest BCUT2D eigenvalue weighted by Crippen LogP contribution is -2.41. The highest BCUT2D eigenvalue weighted by atomic mass is 16.2. The summed E-state index contributed by atoms with van der Waals surface area (Å²) in [7, 11) is 0. The molecule has 1 aromatic rings. The number of carbonyl (C=O) groups is 1. The van der Waals surface area contributed by atoms with Crippen molar-refractivity contribution in [2.75, 3.05) is 19.6 Å². The number of amides is 1. The summed E-state index contributed by atoms with van der Waals surface area (Å²) in [5, 5.41) is 11.8. The lowest BCUT2D eigenvalue weighted by atomic mass is 9.99. The normalized spacial score (nSPS) is 18.0. The first kappa shape index (κ1) is 15.5. The van der Waals surface area contributed by atoms with E-state index in [0.29, 0.717) is 12.1 Å². The Morgan fingerprint density at radius 3 is 2.57 bits per heavy atom. The molecule has 0 radical (unpaired) electrons. The largest absolute Gasteiger partial charge is 0.348 e. The summed E-state index contributed by atoms with van der Waals surface area (Å²) in [5.74, 6) is 0.850. The van der Waals surface area contributed by atoms with E-state index >= 15 is 0 Å². The van der Waals surface area contributed by atoms with Gasteiger partial charge in [0.2, 0.25) is 5.91 Å². The highest BCUT2D eigenvalue weighted by Crippen LogP contribution is 2.16. The molecule has 1 unspecified atom stereocenters. The van der Waals surface area contributed by atoms with Crippen molar-refractivity contribution in [3.8, 4) is 6.07 Å². The third-order valence-corrected chi connectivity index (χ3v) is 4.16. The molecule has 1 aromatic carbocycles. The van der Waals surface area contributed by atoms with Crippen molar-refractivity contribution in [3.63, 3.8) is 0 Å². The molecule has 1 saturated heterocycles. The molecule has 2 rings (SSSR count). The average Bonchev–Trinajstić information content (AvgIpc) is 2.49. The van der Waals surface area contributed by atoms with Crippen LogP contribution in [0.25, 0.3) is 0 Å². The molecule has 0 aliphatic carbocycles. The minimum atomic E-state index is -0.0334. The zero-order valence-corrected chi connectivity index (χ0v) is 12.8. The summed E-state index contributed by atoms with van der Waals surface area (Å²) in [6.07, 6.45) is 2.36. The van der Waals surface area contributed by atoms with Gasteiger partial charge in [-0.1, -0.05) is 19.1 Å². The van der Waals surface area contributed by atoms with Crippen molar-refractivity contribution in [2.45, 2.75) is 32.7 Å². The van der Waals surface area contributed by atoms with Crippen LogP contribution < -0.4 is 5.32 Å². The molecule has 1 aliphatic heterocycles. The molecular formula is C17H23N3O. The van der Waals surface area contributed by atoms with Crippen LogP contribution in [0.4, 0.5) is 0 Å². The molecule has 112 valence electrons. The van der Waals surface area contributed by atoms with E-state index < -0.39 is 0 Å². The maximum Gasteiger partial charge on any atom is 0.234 e. The maximum absolute atomic E-state index is 12.1. The van der Waals surface area contributed by atoms with Crippen molar-refractivity contribution >= 4 is 5.91 Å². The van der Waals surface area contributed by atoms with Gasteiger partial charge in [-0.3, -0.25) is 9.69 Å². The first-order valence-corrected chi connectivity index (χ1v) is 7.60. The Hall–Kier alpha value is -1.86.